The predicted octanol–water partition coefficient (Wildman–Crippen LogP) is 5.62. The highest BCUT2D eigenvalue weighted by Crippen LogP contribution is 2.35. The third-order valence-corrected chi connectivity index (χ3v) is 5.84. The number of non-ortho nitro benzene ring substituents is 1. The molecule has 1 N–H and O–H groups in total. The summed E-state index contributed by atoms with van der Waals surface area (Å²) in [6, 6.07) is 14.3. The smallest absolute Gasteiger partial charge is 0.271 e. The monoisotopic (exact) mass is 536 g/mol. The van der Waals surface area contributed by atoms with E-state index in [1.54, 1.807) is 0 Å². The predicted molar refractivity (Wildman–Crippen MR) is 120 cm³/mol. The third kappa shape index (κ3) is 5.62. The van der Waals surface area contributed by atoms with Crippen molar-refractivity contribution in [2.75, 3.05) is 11.1 Å². The van der Waals surface area contributed by atoms with Crippen LogP contribution < -0.4 is 5.32 Å². The lowest BCUT2D eigenvalue weighted by Crippen LogP contribution is -2.15. The first kappa shape index (κ1) is 21.4. The SMILES string of the molecule is Cc1cc(-c2ccccc2)nc(SCC(=O)Nc2c(Br)cc([N+](=O)[O-])cc2Br)n1. The normalized spacial score (nSPS) is 10.6. The summed E-state index contributed by atoms with van der Waals surface area (Å²) in [5.41, 5.74) is 2.92. The first-order chi connectivity index (χ1) is 13.8. The average Bonchev–Trinajstić information content (AvgIpc) is 2.69. The fraction of sp³-hybridized carbons (Fsp3) is 0.105. The van der Waals surface area contributed by atoms with Gasteiger partial charge in [0.2, 0.25) is 5.91 Å². The number of aromatic nitrogens is 2. The van der Waals surface area contributed by atoms with Crippen LogP contribution in [0.5, 0.6) is 0 Å². The Kier molecular flexibility index (Phi) is 6.99. The van der Waals surface area contributed by atoms with E-state index in [9.17, 15) is 14.9 Å². The number of hydrogen-bond acceptors (Lipinski definition) is 6. The molecule has 1 heterocycles. The number of thioether (sulfide) groups is 1. The first-order valence-corrected chi connectivity index (χ1v) is 10.9. The van der Waals surface area contributed by atoms with Crippen LogP contribution in [0.4, 0.5) is 11.4 Å². The van der Waals surface area contributed by atoms with Gasteiger partial charge < -0.3 is 5.32 Å². The van der Waals surface area contributed by atoms with E-state index in [0.717, 1.165) is 17.0 Å². The summed E-state index contributed by atoms with van der Waals surface area (Å²) >= 11 is 7.73. The van der Waals surface area contributed by atoms with Gasteiger partial charge in [0.15, 0.2) is 5.16 Å². The molecule has 0 saturated heterocycles. The molecule has 0 radical (unpaired) electrons. The van der Waals surface area contributed by atoms with E-state index in [-0.39, 0.29) is 17.3 Å². The number of carbonyl (C=O) groups is 1. The Morgan fingerprint density at radius 2 is 1.79 bits per heavy atom. The molecule has 0 bridgehead atoms. The Hall–Kier alpha value is -2.30. The molecule has 3 aromatic rings. The van der Waals surface area contributed by atoms with E-state index in [1.165, 1.54) is 23.9 Å². The number of aryl methyl sites for hydroxylation is 1. The molecule has 1 aromatic heterocycles. The van der Waals surface area contributed by atoms with Gasteiger partial charge in [-0.15, -0.1) is 0 Å². The van der Waals surface area contributed by atoms with Crippen LogP contribution in [0.25, 0.3) is 11.3 Å². The molecular weight excluding hydrogens is 524 g/mol. The number of nitro groups is 1. The number of hydrogen-bond donors (Lipinski definition) is 1. The minimum absolute atomic E-state index is 0.0854. The zero-order valence-corrected chi connectivity index (χ0v) is 19.0. The van der Waals surface area contributed by atoms with Crippen molar-refractivity contribution in [2.24, 2.45) is 0 Å². The summed E-state index contributed by atoms with van der Waals surface area (Å²) in [5.74, 6) is -0.190. The van der Waals surface area contributed by atoms with E-state index in [4.69, 9.17) is 0 Å². The highest BCUT2D eigenvalue weighted by atomic mass is 79.9. The Morgan fingerprint density at radius 1 is 1.14 bits per heavy atom. The molecule has 0 fully saturated rings. The van der Waals surface area contributed by atoms with Crippen molar-refractivity contribution < 1.29 is 9.72 Å². The molecular formula is C19H14Br2N4O3S. The van der Waals surface area contributed by atoms with Gasteiger partial charge in [0, 0.05) is 32.3 Å². The van der Waals surface area contributed by atoms with Crippen molar-refractivity contribution in [2.45, 2.75) is 12.1 Å². The average molecular weight is 538 g/mol. The highest BCUT2D eigenvalue weighted by Gasteiger charge is 2.16. The molecule has 0 atom stereocenters. The first-order valence-electron chi connectivity index (χ1n) is 8.30. The van der Waals surface area contributed by atoms with Crippen molar-refractivity contribution in [3.8, 4) is 11.3 Å². The number of carbonyl (C=O) groups excluding carboxylic acids is 1. The standard InChI is InChI=1S/C19H14Br2N4O3S/c1-11-7-16(12-5-3-2-4-6-12)23-19(22-11)29-10-17(26)24-18-14(20)8-13(25(27)28)9-15(18)21/h2-9H,10H2,1H3,(H,24,26). The van der Waals surface area contributed by atoms with Crippen molar-refractivity contribution in [1.82, 2.24) is 9.97 Å². The molecule has 29 heavy (non-hydrogen) atoms. The Labute approximate surface area is 187 Å². The minimum Gasteiger partial charge on any atom is -0.323 e. The molecule has 0 aliphatic rings. The van der Waals surface area contributed by atoms with E-state index in [0.29, 0.717) is 19.8 Å². The number of rotatable bonds is 6. The van der Waals surface area contributed by atoms with Crippen molar-refractivity contribution in [1.29, 1.82) is 0 Å². The zero-order chi connectivity index (χ0) is 21.0. The molecule has 0 spiro atoms. The molecule has 0 unspecified atom stereocenters. The number of benzene rings is 2. The molecule has 0 aliphatic carbocycles. The van der Waals surface area contributed by atoms with E-state index >= 15 is 0 Å². The number of amides is 1. The molecule has 7 nitrogen and oxygen atoms in total. The third-order valence-electron chi connectivity index (χ3n) is 3.74. The number of anilines is 1. The maximum atomic E-state index is 12.4. The summed E-state index contributed by atoms with van der Waals surface area (Å²) in [6.07, 6.45) is 0. The fourth-order valence-electron chi connectivity index (χ4n) is 2.45. The van der Waals surface area contributed by atoms with Crippen molar-refractivity contribution >= 4 is 60.9 Å². The number of nitro benzene ring substituents is 1. The van der Waals surface area contributed by atoms with E-state index < -0.39 is 4.92 Å². The van der Waals surface area contributed by atoms with Gasteiger partial charge in [-0.3, -0.25) is 14.9 Å². The topological polar surface area (TPSA) is 98.0 Å². The largest absolute Gasteiger partial charge is 0.323 e. The molecule has 0 saturated carbocycles. The summed E-state index contributed by atoms with van der Waals surface area (Å²) in [4.78, 5) is 31.7. The van der Waals surface area contributed by atoms with Gasteiger partial charge in [-0.1, -0.05) is 42.1 Å². The summed E-state index contributed by atoms with van der Waals surface area (Å²) < 4.78 is 0.824. The number of nitrogens with one attached hydrogen (secondary N) is 1. The second-order valence-corrected chi connectivity index (χ2v) is 8.57. The highest BCUT2D eigenvalue weighted by molar-refractivity contribution is 9.11. The van der Waals surface area contributed by atoms with Crippen LogP contribution in [0.3, 0.4) is 0 Å². The van der Waals surface area contributed by atoms with E-state index in [1.807, 2.05) is 43.3 Å². The van der Waals surface area contributed by atoms with Crippen LogP contribution in [0.15, 0.2) is 62.6 Å². The molecule has 1 amide bonds. The van der Waals surface area contributed by atoms with Gasteiger partial charge in [-0.2, -0.15) is 0 Å². The van der Waals surface area contributed by atoms with Crippen LogP contribution in [0.2, 0.25) is 0 Å². The van der Waals surface area contributed by atoms with E-state index in [2.05, 4.69) is 47.1 Å². The van der Waals surface area contributed by atoms with Gasteiger partial charge >= 0.3 is 0 Å². The zero-order valence-electron chi connectivity index (χ0n) is 15.1. The Balaban J connectivity index is 1.70. The molecule has 0 aliphatic heterocycles. The lowest BCUT2D eigenvalue weighted by molar-refractivity contribution is -0.385. The van der Waals surface area contributed by atoms with Gasteiger partial charge in [-0.05, 0) is 44.8 Å². The van der Waals surface area contributed by atoms with Gasteiger partial charge in [0.05, 0.1) is 22.1 Å². The number of halogens is 2. The minimum atomic E-state index is -0.504. The maximum absolute atomic E-state index is 12.4. The lowest BCUT2D eigenvalue weighted by atomic mass is 10.1. The molecule has 148 valence electrons. The van der Waals surface area contributed by atoms with Crippen LogP contribution in [0, 0.1) is 17.0 Å². The van der Waals surface area contributed by atoms with Crippen molar-refractivity contribution in [3.05, 3.63) is 73.3 Å². The molecule has 3 rings (SSSR count). The molecule has 2 aromatic carbocycles. The second kappa shape index (κ2) is 9.47. The Bertz CT molecular complexity index is 1060. The lowest BCUT2D eigenvalue weighted by Gasteiger charge is -2.10. The van der Waals surface area contributed by atoms with Gasteiger partial charge in [-0.25, -0.2) is 9.97 Å². The summed E-state index contributed by atoms with van der Waals surface area (Å²) in [7, 11) is 0. The van der Waals surface area contributed by atoms with Crippen molar-refractivity contribution in [3.63, 3.8) is 0 Å². The fourth-order valence-corrected chi connectivity index (χ4v) is 4.52. The summed E-state index contributed by atoms with van der Waals surface area (Å²) in [6.45, 7) is 1.88. The quantitative estimate of drug-likeness (QED) is 0.190. The Morgan fingerprint density at radius 3 is 2.41 bits per heavy atom. The van der Waals surface area contributed by atoms with Crippen LogP contribution in [0.1, 0.15) is 5.69 Å². The van der Waals surface area contributed by atoms with Gasteiger partial charge in [0.25, 0.3) is 5.69 Å². The summed E-state index contributed by atoms with van der Waals surface area (Å²) in [5, 5.41) is 14.2. The van der Waals surface area contributed by atoms with Crippen LogP contribution in [-0.2, 0) is 4.79 Å². The van der Waals surface area contributed by atoms with Crippen LogP contribution >= 0.6 is 43.6 Å². The second-order valence-electron chi connectivity index (χ2n) is 5.92. The van der Waals surface area contributed by atoms with Crippen LogP contribution in [-0.4, -0.2) is 26.6 Å². The molecule has 10 heteroatoms. The maximum Gasteiger partial charge on any atom is 0.271 e. The van der Waals surface area contributed by atoms with Gasteiger partial charge in [0.1, 0.15) is 0 Å². The number of nitrogens with zero attached hydrogens (tertiary/aromatic N) is 3.